The standard InChI is InChI=1S/C10H19N3O3/c1-7(2)16-10(15)12-8(3)9(14)11-6-13(4)5/h6-8H,1-5H3,(H,12,15)/b11-6+. The highest BCUT2D eigenvalue weighted by Crippen LogP contribution is 1.92. The molecule has 0 fully saturated rings. The lowest BCUT2D eigenvalue weighted by molar-refractivity contribution is -0.119. The largest absolute Gasteiger partial charge is 0.447 e. The van der Waals surface area contributed by atoms with Gasteiger partial charge in [0.25, 0.3) is 5.91 Å². The molecule has 1 unspecified atom stereocenters. The number of amides is 2. The molecule has 92 valence electrons. The van der Waals surface area contributed by atoms with E-state index in [0.29, 0.717) is 0 Å². The van der Waals surface area contributed by atoms with Crippen molar-refractivity contribution in [3.8, 4) is 0 Å². The summed E-state index contributed by atoms with van der Waals surface area (Å²) in [5, 5.41) is 2.39. The van der Waals surface area contributed by atoms with Crippen molar-refractivity contribution in [2.24, 2.45) is 4.99 Å². The summed E-state index contributed by atoms with van der Waals surface area (Å²) in [5.74, 6) is -0.422. The Balaban J connectivity index is 4.10. The third kappa shape index (κ3) is 6.80. The van der Waals surface area contributed by atoms with Crippen LogP contribution in [0.1, 0.15) is 20.8 Å². The van der Waals surface area contributed by atoms with E-state index in [0.717, 1.165) is 0 Å². The monoisotopic (exact) mass is 229 g/mol. The predicted molar refractivity (Wildman–Crippen MR) is 61.4 cm³/mol. The van der Waals surface area contributed by atoms with Crippen LogP contribution in [-0.4, -0.2) is 49.5 Å². The van der Waals surface area contributed by atoms with E-state index in [1.54, 1.807) is 39.8 Å². The van der Waals surface area contributed by atoms with Crippen molar-refractivity contribution in [1.82, 2.24) is 10.2 Å². The van der Waals surface area contributed by atoms with Gasteiger partial charge in [-0.1, -0.05) is 0 Å². The van der Waals surface area contributed by atoms with Crippen molar-refractivity contribution < 1.29 is 14.3 Å². The second-order valence-electron chi connectivity index (χ2n) is 3.87. The summed E-state index contributed by atoms with van der Waals surface area (Å²) in [5.41, 5.74) is 0. The molecule has 0 heterocycles. The van der Waals surface area contributed by atoms with Crippen LogP contribution in [0.2, 0.25) is 0 Å². The Labute approximate surface area is 95.7 Å². The van der Waals surface area contributed by atoms with Crippen LogP contribution in [0.25, 0.3) is 0 Å². The van der Waals surface area contributed by atoms with Gasteiger partial charge in [0.05, 0.1) is 12.4 Å². The van der Waals surface area contributed by atoms with Crippen molar-refractivity contribution in [1.29, 1.82) is 0 Å². The Morgan fingerprint density at radius 3 is 2.31 bits per heavy atom. The van der Waals surface area contributed by atoms with Crippen LogP contribution in [0, 0.1) is 0 Å². The number of rotatable bonds is 4. The maximum absolute atomic E-state index is 11.4. The zero-order chi connectivity index (χ0) is 12.7. The first-order valence-electron chi connectivity index (χ1n) is 5.04. The van der Waals surface area contributed by atoms with Gasteiger partial charge >= 0.3 is 6.09 Å². The Hall–Kier alpha value is -1.59. The summed E-state index contributed by atoms with van der Waals surface area (Å²) >= 11 is 0. The molecule has 0 aromatic rings. The van der Waals surface area contributed by atoms with E-state index in [-0.39, 0.29) is 6.10 Å². The van der Waals surface area contributed by atoms with Gasteiger partial charge in [-0.15, -0.1) is 0 Å². The highest BCUT2D eigenvalue weighted by Gasteiger charge is 2.15. The van der Waals surface area contributed by atoms with Crippen molar-refractivity contribution in [3.63, 3.8) is 0 Å². The second kappa shape index (κ2) is 6.81. The average molecular weight is 229 g/mol. The second-order valence-corrected chi connectivity index (χ2v) is 3.87. The lowest BCUT2D eigenvalue weighted by Gasteiger charge is -2.12. The molecule has 1 N–H and O–H groups in total. The topological polar surface area (TPSA) is 71.0 Å². The van der Waals surface area contributed by atoms with Crippen molar-refractivity contribution >= 4 is 18.3 Å². The number of hydrogen-bond acceptors (Lipinski definition) is 3. The fourth-order valence-electron chi connectivity index (χ4n) is 0.771. The molecule has 6 heteroatoms. The minimum atomic E-state index is -0.692. The molecule has 6 nitrogen and oxygen atoms in total. The third-order valence-electron chi connectivity index (χ3n) is 1.46. The summed E-state index contributed by atoms with van der Waals surface area (Å²) < 4.78 is 4.83. The van der Waals surface area contributed by atoms with E-state index in [1.165, 1.54) is 6.34 Å². The van der Waals surface area contributed by atoms with Crippen LogP contribution in [0.5, 0.6) is 0 Å². The molecule has 16 heavy (non-hydrogen) atoms. The van der Waals surface area contributed by atoms with Crippen LogP contribution in [0.4, 0.5) is 4.79 Å². The van der Waals surface area contributed by atoms with Crippen LogP contribution in [0.3, 0.4) is 0 Å². The molecular weight excluding hydrogens is 210 g/mol. The van der Waals surface area contributed by atoms with Crippen LogP contribution in [-0.2, 0) is 9.53 Å². The molecule has 0 aromatic heterocycles. The number of carbonyl (C=O) groups is 2. The smallest absolute Gasteiger partial charge is 0.408 e. The average Bonchev–Trinajstić information content (AvgIpc) is 2.12. The Kier molecular flexibility index (Phi) is 6.14. The van der Waals surface area contributed by atoms with Gasteiger partial charge in [-0.05, 0) is 20.8 Å². The van der Waals surface area contributed by atoms with Crippen molar-refractivity contribution in [3.05, 3.63) is 0 Å². The Morgan fingerprint density at radius 2 is 1.88 bits per heavy atom. The van der Waals surface area contributed by atoms with Gasteiger partial charge in [-0.2, -0.15) is 0 Å². The molecule has 2 amide bonds. The number of carbonyl (C=O) groups excluding carboxylic acids is 2. The van der Waals surface area contributed by atoms with Gasteiger partial charge in [0.1, 0.15) is 6.04 Å². The van der Waals surface area contributed by atoms with Crippen LogP contribution in [0.15, 0.2) is 4.99 Å². The predicted octanol–water partition coefficient (Wildman–Crippen LogP) is 0.626. The summed E-state index contributed by atoms with van der Waals surface area (Å²) in [6.07, 6.45) is 0.553. The first-order chi connectivity index (χ1) is 7.32. The summed E-state index contributed by atoms with van der Waals surface area (Å²) in [6, 6.07) is -0.692. The van der Waals surface area contributed by atoms with E-state index in [2.05, 4.69) is 10.3 Å². The maximum Gasteiger partial charge on any atom is 0.408 e. The van der Waals surface area contributed by atoms with Crippen LogP contribution >= 0.6 is 0 Å². The molecule has 1 atom stereocenters. The van der Waals surface area contributed by atoms with Crippen molar-refractivity contribution in [2.45, 2.75) is 32.9 Å². The van der Waals surface area contributed by atoms with Crippen LogP contribution < -0.4 is 5.32 Å². The zero-order valence-electron chi connectivity index (χ0n) is 10.4. The minimum Gasteiger partial charge on any atom is -0.447 e. The number of ether oxygens (including phenoxy) is 1. The quantitative estimate of drug-likeness (QED) is 0.567. The Bertz CT molecular complexity index is 274. The fraction of sp³-hybridized carbons (Fsp3) is 0.700. The van der Waals surface area contributed by atoms with E-state index >= 15 is 0 Å². The maximum atomic E-state index is 11.4. The number of nitrogens with one attached hydrogen (secondary N) is 1. The summed E-state index contributed by atoms with van der Waals surface area (Å²) in [6.45, 7) is 5.02. The van der Waals surface area contributed by atoms with Gasteiger partial charge in [-0.25, -0.2) is 9.79 Å². The number of alkyl carbamates (subject to hydrolysis) is 1. The molecule has 0 aliphatic carbocycles. The van der Waals surface area contributed by atoms with E-state index < -0.39 is 18.0 Å². The molecule has 0 radical (unpaired) electrons. The molecular formula is C10H19N3O3. The van der Waals surface area contributed by atoms with Gasteiger partial charge in [-0.3, -0.25) is 4.79 Å². The molecule has 0 aliphatic heterocycles. The third-order valence-corrected chi connectivity index (χ3v) is 1.46. The van der Waals surface area contributed by atoms with Gasteiger partial charge in [0.15, 0.2) is 0 Å². The summed E-state index contributed by atoms with van der Waals surface area (Å²) in [4.78, 5) is 27.8. The van der Waals surface area contributed by atoms with Gasteiger partial charge in [0.2, 0.25) is 0 Å². The lowest BCUT2D eigenvalue weighted by atomic mass is 10.3. The molecule has 0 saturated heterocycles. The van der Waals surface area contributed by atoms with E-state index in [4.69, 9.17) is 4.74 Å². The van der Waals surface area contributed by atoms with E-state index in [9.17, 15) is 9.59 Å². The normalized spacial score (nSPS) is 12.6. The fourth-order valence-corrected chi connectivity index (χ4v) is 0.771. The van der Waals surface area contributed by atoms with Gasteiger partial charge in [0, 0.05) is 14.1 Å². The number of hydrogen-bond donors (Lipinski definition) is 1. The summed E-state index contributed by atoms with van der Waals surface area (Å²) in [7, 11) is 3.50. The molecule has 0 rings (SSSR count). The van der Waals surface area contributed by atoms with Gasteiger partial charge < -0.3 is 15.0 Å². The number of aliphatic imine (C=N–C) groups is 1. The first kappa shape index (κ1) is 14.4. The number of nitrogens with zero attached hydrogens (tertiary/aromatic N) is 2. The minimum absolute atomic E-state index is 0.215. The highest BCUT2D eigenvalue weighted by atomic mass is 16.6. The molecule has 0 aromatic carbocycles. The Morgan fingerprint density at radius 1 is 1.31 bits per heavy atom. The highest BCUT2D eigenvalue weighted by molar-refractivity contribution is 5.90. The SMILES string of the molecule is CC(C)OC(=O)NC(C)C(=O)/N=C/N(C)C. The zero-order valence-corrected chi connectivity index (χ0v) is 10.4. The molecule has 0 bridgehead atoms. The van der Waals surface area contributed by atoms with Crippen molar-refractivity contribution in [2.75, 3.05) is 14.1 Å². The lowest BCUT2D eigenvalue weighted by Crippen LogP contribution is -2.39. The van der Waals surface area contributed by atoms with E-state index in [1.807, 2.05) is 0 Å². The molecule has 0 spiro atoms. The molecule has 0 aliphatic rings. The molecule has 0 saturated carbocycles. The first-order valence-corrected chi connectivity index (χ1v) is 5.04.